The summed E-state index contributed by atoms with van der Waals surface area (Å²) in [5, 5.41) is 0. The summed E-state index contributed by atoms with van der Waals surface area (Å²) in [6.07, 6.45) is 0. The highest BCUT2D eigenvalue weighted by atomic mass is 32.4. The molecule has 0 saturated heterocycles. The van der Waals surface area contributed by atoms with Gasteiger partial charge >= 0.3 is 0 Å². The first-order valence-corrected chi connectivity index (χ1v) is 9.85. The topological polar surface area (TPSA) is 0 Å². The van der Waals surface area contributed by atoms with Crippen molar-refractivity contribution in [2.24, 2.45) is 0 Å². The number of rotatable bonds is 1. The Kier molecular flexibility index (Phi) is 4.76. The molecule has 6 heteroatoms. The van der Waals surface area contributed by atoms with Gasteiger partial charge < -0.3 is 0 Å². The average molecular weight is 174 g/mol. The predicted octanol–water partition coefficient (Wildman–Crippen LogP) is 0.199. The highest BCUT2D eigenvalue weighted by Crippen LogP contribution is 2.55. The van der Waals surface area contributed by atoms with Crippen LogP contribution in [0.4, 0.5) is 0 Å². The van der Waals surface area contributed by atoms with Crippen LogP contribution < -0.4 is 0 Å². The molecule has 0 nitrogen and oxygen atoms in total. The third-order valence-electron chi connectivity index (χ3n) is 0.200. The van der Waals surface area contributed by atoms with E-state index >= 15 is 0 Å². The Bertz CT molecular complexity index is 26.5. The van der Waals surface area contributed by atoms with Gasteiger partial charge in [0.1, 0.15) is 0 Å². The normalized spacial score (nSPS) is 11.0. The van der Waals surface area contributed by atoms with E-state index in [1.807, 2.05) is 0 Å². The smallest absolute Gasteiger partial charge is 0.0641 e. The van der Waals surface area contributed by atoms with Crippen LogP contribution in [0.25, 0.3) is 0 Å². The molecule has 0 aromatic heterocycles. The Hall–Kier alpha value is 1.73. The maximum absolute atomic E-state index is 3.39. The zero-order chi connectivity index (χ0) is 5.15. The van der Waals surface area contributed by atoms with Crippen molar-refractivity contribution in [2.75, 3.05) is 0 Å². The minimum Gasteiger partial charge on any atom is -0.128 e. The molecule has 0 N–H and O–H groups in total. The van der Waals surface area contributed by atoms with E-state index in [9.17, 15) is 0 Å². The van der Waals surface area contributed by atoms with Crippen molar-refractivity contribution in [3.63, 3.8) is 0 Å². The van der Waals surface area contributed by atoms with Gasteiger partial charge in [-0.2, -0.15) is 0 Å². The maximum atomic E-state index is 3.39. The van der Waals surface area contributed by atoms with Crippen molar-refractivity contribution < 1.29 is 0 Å². The Morgan fingerprint density at radius 2 is 0.833 bits per heavy atom. The van der Waals surface area contributed by atoms with Crippen LogP contribution >= 0.6 is 13.4 Å². The second kappa shape index (κ2) is 3.70. The van der Waals surface area contributed by atoms with Crippen molar-refractivity contribution >= 4 is 53.1 Å². The third-order valence-corrected chi connectivity index (χ3v) is 16.2. The van der Waals surface area contributed by atoms with Gasteiger partial charge in [0.2, 0.25) is 0 Å². The molecule has 0 unspecified atom stereocenters. The lowest BCUT2D eigenvalue weighted by Crippen LogP contribution is -1.68. The van der Waals surface area contributed by atoms with Gasteiger partial charge in [-0.25, -0.2) is 0 Å². The van der Waals surface area contributed by atoms with Gasteiger partial charge in [-0.05, 0) is 0 Å². The highest BCUT2D eigenvalue weighted by molar-refractivity contribution is 8.62. The fourth-order valence-electron chi connectivity index (χ4n) is 0. The molecule has 0 aromatic rings. The highest BCUT2D eigenvalue weighted by Gasteiger charge is 1.94. The molecule has 12 radical (unpaired) electrons. The lowest BCUT2D eigenvalue weighted by atomic mass is 27.3. The van der Waals surface area contributed by atoms with E-state index in [1.54, 1.807) is 0 Å². The molecule has 0 rings (SSSR count). The van der Waals surface area contributed by atoms with E-state index in [1.165, 1.54) is 0 Å². The second-order valence-corrected chi connectivity index (χ2v) is 16.8. The van der Waals surface area contributed by atoms with Crippen molar-refractivity contribution in [3.05, 3.63) is 0 Å². The van der Waals surface area contributed by atoms with Gasteiger partial charge in [0.25, 0.3) is 0 Å². The summed E-state index contributed by atoms with van der Waals surface area (Å²) in [5.41, 5.74) is 0. The molecule has 0 spiro atoms. The summed E-state index contributed by atoms with van der Waals surface area (Å²) >= 11 is 0. The lowest BCUT2D eigenvalue weighted by molar-refractivity contribution is 4.42. The summed E-state index contributed by atoms with van der Waals surface area (Å²) in [5.74, 6) is 0. The maximum Gasteiger partial charge on any atom is 0.0641 e. The largest absolute Gasteiger partial charge is 0.128 e. The van der Waals surface area contributed by atoms with Crippen LogP contribution in [0.2, 0.25) is 0 Å². The van der Waals surface area contributed by atoms with Crippen LogP contribution in [-0.4, -0.2) is 39.6 Å². The monoisotopic (exact) mass is 174 g/mol. The Morgan fingerprint density at radius 1 is 0.667 bits per heavy atom. The van der Waals surface area contributed by atoms with E-state index < -0.39 is 0 Å². The average Bonchev–Trinajstić information content (AvgIpc) is 1.36. The fraction of sp³-hybridized carbons (Fsp3) is 0. The standard InChI is InChI=1S/P2Si4/c3-1(4)2(5)6. The Labute approximate surface area is 53.4 Å². The zero-order valence-electron chi connectivity index (χ0n) is 2.89. The second-order valence-electron chi connectivity index (χ2n) is 0.624. The number of hydrogen-bond donors (Lipinski definition) is 0. The third kappa shape index (κ3) is 3.90. The molecular formula is P2Si4. The van der Waals surface area contributed by atoms with Gasteiger partial charge in [-0.1, -0.05) is 0 Å². The quantitative estimate of drug-likeness (QED) is 0.393. The Morgan fingerprint density at radius 3 is 0.833 bits per heavy atom. The molecule has 0 amide bonds. The zero-order valence-corrected chi connectivity index (χ0v) is 8.68. The van der Waals surface area contributed by atoms with Crippen LogP contribution in [0.15, 0.2) is 0 Å². The van der Waals surface area contributed by atoms with Crippen LogP contribution in [0, 0.1) is 0 Å². The number of hydrogen-bond acceptors (Lipinski definition) is 0. The minimum absolute atomic E-state index is 0.156. The van der Waals surface area contributed by atoms with E-state index in [-0.39, 0.29) is 13.4 Å². The van der Waals surface area contributed by atoms with E-state index in [0.717, 1.165) is 0 Å². The van der Waals surface area contributed by atoms with Gasteiger partial charge in [0.05, 0.1) is 39.6 Å². The van der Waals surface area contributed by atoms with Crippen LogP contribution in [0.1, 0.15) is 0 Å². The molecule has 0 aromatic carbocycles. The van der Waals surface area contributed by atoms with Crippen molar-refractivity contribution in [1.82, 2.24) is 0 Å². The van der Waals surface area contributed by atoms with Gasteiger partial charge in [-0.15, -0.1) is 13.4 Å². The van der Waals surface area contributed by atoms with Crippen LogP contribution in [0.5, 0.6) is 0 Å². The summed E-state index contributed by atoms with van der Waals surface area (Å²) in [6, 6.07) is 0. The fourth-order valence-corrected chi connectivity index (χ4v) is 0. The summed E-state index contributed by atoms with van der Waals surface area (Å²) in [4.78, 5) is 0. The molecule has 0 bridgehead atoms. The molecule has 26 valence electrons. The van der Waals surface area contributed by atoms with Crippen molar-refractivity contribution in [3.8, 4) is 0 Å². The first kappa shape index (κ1) is 7.73. The first-order valence-electron chi connectivity index (χ1n) is 1.09. The van der Waals surface area contributed by atoms with Crippen LogP contribution in [0.3, 0.4) is 0 Å². The lowest BCUT2D eigenvalue weighted by Gasteiger charge is -2.07. The van der Waals surface area contributed by atoms with E-state index in [2.05, 4.69) is 39.6 Å². The van der Waals surface area contributed by atoms with Gasteiger partial charge in [0, 0.05) is 0 Å². The molecule has 0 atom stereocenters. The molecular weight excluding hydrogens is 174 g/mol. The van der Waals surface area contributed by atoms with Crippen molar-refractivity contribution in [1.29, 1.82) is 0 Å². The molecule has 0 aliphatic carbocycles. The van der Waals surface area contributed by atoms with E-state index in [0.29, 0.717) is 0 Å². The summed E-state index contributed by atoms with van der Waals surface area (Å²) in [6.45, 7) is -0.313. The SMILES string of the molecule is [Si]P([Si])P([Si])[Si]. The molecule has 0 fully saturated rings. The summed E-state index contributed by atoms with van der Waals surface area (Å²) in [7, 11) is 13.6. The van der Waals surface area contributed by atoms with Gasteiger partial charge in [0.15, 0.2) is 0 Å². The molecule has 0 aliphatic heterocycles. The van der Waals surface area contributed by atoms with Crippen molar-refractivity contribution in [2.45, 2.75) is 0 Å². The van der Waals surface area contributed by atoms with Gasteiger partial charge in [-0.3, -0.25) is 0 Å². The summed E-state index contributed by atoms with van der Waals surface area (Å²) < 4.78 is 0. The Balaban J connectivity index is 2.99. The molecule has 0 saturated carbocycles. The predicted molar refractivity (Wildman–Crippen MR) is 36.9 cm³/mol. The molecule has 0 aliphatic rings. The van der Waals surface area contributed by atoms with E-state index in [4.69, 9.17) is 0 Å². The molecule has 6 heavy (non-hydrogen) atoms. The molecule has 0 heterocycles. The van der Waals surface area contributed by atoms with Crippen LogP contribution in [-0.2, 0) is 0 Å². The first-order chi connectivity index (χ1) is 2.64. The minimum atomic E-state index is -0.156.